The van der Waals surface area contributed by atoms with Crippen molar-refractivity contribution in [2.75, 3.05) is 51.3 Å². The van der Waals surface area contributed by atoms with Crippen molar-refractivity contribution in [1.29, 1.82) is 0 Å². The smallest absolute Gasteiger partial charge is 0.243 e. The molecule has 2 aliphatic heterocycles. The molecule has 2 heterocycles. The molecule has 1 atom stereocenters. The summed E-state index contributed by atoms with van der Waals surface area (Å²) in [6.07, 6.45) is 1.34. The number of amides is 1. The van der Waals surface area contributed by atoms with Gasteiger partial charge in [0.1, 0.15) is 11.6 Å². The van der Waals surface area contributed by atoms with E-state index in [0.29, 0.717) is 51.3 Å². The second-order valence-corrected chi connectivity index (χ2v) is 10.1. The number of carbonyl (C=O) groups is 1. The number of hydrogen-bond donors (Lipinski definition) is 0. The Morgan fingerprint density at radius 3 is 2.25 bits per heavy atom. The van der Waals surface area contributed by atoms with E-state index in [2.05, 4.69) is 4.90 Å². The lowest BCUT2D eigenvalue weighted by Gasteiger charge is -2.39. The number of rotatable bonds is 5. The van der Waals surface area contributed by atoms with Gasteiger partial charge in [0.05, 0.1) is 17.9 Å². The third-order valence-electron chi connectivity index (χ3n) is 6.21. The summed E-state index contributed by atoms with van der Waals surface area (Å²) >= 11 is 0. The number of benzene rings is 2. The van der Waals surface area contributed by atoms with Gasteiger partial charge in [0.25, 0.3) is 0 Å². The molecule has 9 heteroatoms. The molecule has 4 rings (SSSR count). The average Bonchev–Trinajstić information content (AvgIpc) is 2.84. The molecule has 0 bridgehead atoms. The molecule has 2 aromatic carbocycles. The second kappa shape index (κ2) is 9.46. The molecule has 0 radical (unpaired) electrons. The highest BCUT2D eigenvalue weighted by molar-refractivity contribution is 7.89. The number of sulfonamides is 1. The fraction of sp³-hybridized carbons (Fsp3) is 0.435. The summed E-state index contributed by atoms with van der Waals surface area (Å²) in [6, 6.07) is 12.7. The van der Waals surface area contributed by atoms with Gasteiger partial charge in [-0.2, -0.15) is 4.31 Å². The standard InChI is InChI=1S/C23H28FN3O4S/c1-31-21-8-10-22(11-9-21)32(29,30)27-12-2-3-18(17-27)23(28)26-15-13-25(14-16-26)20-6-4-19(24)5-7-20/h4-11,18H,2-3,12-17H2,1H3/t18-/m0/s1. The summed E-state index contributed by atoms with van der Waals surface area (Å²) in [6.45, 7) is 3.08. The Kier molecular flexibility index (Phi) is 6.66. The van der Waals surface area contributed by atoms with Crippen molar-refractivity contribution in [3.05, 3.63) is 54.3 Å². The lowest BCUT2D eigenvalue weighted by atomic mass is 9.97. The molecule has 2 fully saturated rings. The third-order valence-corrected chi connectivity index (χ3v) is 8.09. The molecule has 0 spiro atoms. The lowest BCUT2D eigenvalue weighted by molar-refractivity contribution is -0.137. The van der Waals surface area contributed by atoms with Crippen LogP contribution < -0.4 is 9.64 Å². The minimum Gasteiger partial charge on any atom is -0.497 e. The van der Waals surface area contributed by atoms with Crippen LogP contribution in [0.5, 0.6) is 5.75 Å². The van der Waals surface area contributed by atoms with Gasteiger partial charge in [0.15, 0.2) is 0 Å². The first kappa shape index (κ1) is 22.5. The summed E-state index contributed by atoms with van der Waals surface area (Å²) in [7, 11) is -2.13. The summed E-state index contributed by atoms with van der Waals surface area (Å²) in [5.41, 5.74) is 0.938. The third kappa shape index (κ3) is 4.73. The van der Waals surface area contributed by atoms with Gasteiger partial charge >= 0.3 is 0 Å². The van der Waals surface area contributed by atoms with Gasteiger partial charge in [-0.15, -0.1) is 0 Å². The average molecular weight is 462 g/mol. The van der Waals surface area contributed by atoms with Crippen molar-refractivity contribution >= 4 is 21.6 Å². The van der Waals surface area contributed by atoms with Crippen molar-refractivity contribution < 1.29 is 22.3 Å². The molecule has 0 aliphatic carbocycles. The van der Waals surface area contributed by atoms with Gasteiger partial charge in [-0.1, -0.05) is 0 Å². The SMILES string of the molecule is COc1ccc(S(=O)(=O)N2CCC[C@H](C(=O)N3CCN(c4ccc(F)cc4)CC3)C2)cc1. The molecule has 32 heavy (non-hydrogen) atoms. The van der Waals surface area contributed by atoms with Crippen LogP contribution in [0, 0.1) is 11.7 Å². The topological polar surface area (TPSA) is 70.2 Å². The van der Waals surface area contributed by atoms with E-state index >= 15 is 0 Å². The largest absolute Gasteiger partial charge is 0.497 e. The molecule has 0 unspecified atom stereocenters. The highest BCUT2D eigenvalue weighted by Crippen LogP contribution is 2.27. The number of halogens is 1. The number of hydrogen-bond acceptors (Lipinski definition) is 5. The highest BCUT2D eigenvalue weighted by Gasteiger charge is 2.35. The van der Waals surface area contributed by atoms with Crippen molar-refractivity contribution in [1.82, 2.24) is 9.21 Å². The minimum atomic E-state index is -3.66. The fourth-order valence-electron chi connectivity index (χ4n) is 4.35. The van der Waals surface area contributed by atoms with E-state index in [1.807, 2.05) is 4.90 Å². The maximum absolute atomic E-state index is 13.2. The Hall–Kier alpha value is -2.65. The molecular weight excluding hydrogens is 433 g/mol. The molecule has 1 amide bonds. The quantitative estimate of drug-likeness (QED) is 0.685. The first-order chi connectivity index (χ1) is 15.4. The van der Waals surface area contributed by atoms with E-state index in [4.69, 9.17) is 4.74 Å². The Morgan fingerprint density at radius 2 is 1.62 bits per heavy atom. The summed E-state index contributed by atoms with van der Waals surface area (Å²) in [4.78, 5) is 17.3. The monoisotopic (exact) mass is 461 g/mol. The number of carbonyl (C=O) groups excluding carboxylic acids is 1. The van der Waals surface area contributed by atoms with Gasteiger partial charge in [0, 0.05) is 45.0 Å². The van der Waals surface area contributed by atoms with Gasteiger partial charge in [0.2, 0.25) is 15.9 Å². The highest BCUT2D eigenvalue weighted by atomic mass is 32.2. The van der Waals surface area contributed by atoms with Crippen LogP contribution in [-0.4, -0.2) is 69.9 Å². The van der Waals surface area contributed by atoms with Crippen LogP contribution in [0.2, 0.25) is 0 Å². The zero-order valence-electron chi connectivity index (χ0n) is 18.1. The van der Waals surface area contributed by atoms with Crippen LogP contribution in [0.25, 0.3) is 0 Å². The minimum absolute atomic E-state index is 0.0124. The zero-order chi connectivity index (χ0) is 22.7. The first-order valence-corrected chi connectivity index (χ1v) is 12.3. The van der Waals surface area contributed by atoms with Gasteiger partial charge < -0.3 is 14.5 Å². The molecule has 2 saturated heterocycles. The maximum Gasteiger partial charge on any atom is 0.243 e. The normalized spacial score (nSPS) is 20.2. The second-order valence-electron chi connectivity index (χ2n) is 8.17. The van der Waals surface area contributed by atoms with Crippen molar-refractivity contribution in [2.45, 2.75) is 17.7 Å². The van der Waals surface area contributed by atoms with Gasteiger partial charge in [-0.25, -0.2) is 12.8 Å². The van der Waals surface area contributed by atoms with E-state index in [9.17, 15) is 17.6 Å². The fourth-order valence-corrected chi connectivity index (χ4v) is 5.88. The molecule has 7 nitrogen and oxygen atoms in total. The number of anilines is 1. The predicted molar refractivity (Wildman–Crippen MR) is 120 cm³/mol. The number of methoxy groups -OCH3 is 1. The van der Waals surface area contributed by atoms with Crippen LogP contribution in [-0.2, 0) is 14.8 Å². The van der Waals surface area contributed by atoms with Crippen LogP contribution >= 0.6 is 0 Å². The van der Waals surface area contributed by atoms with Gasteiger partial charge in [-0.05, 0) is 61.4 Å². The van der Waals surface area contributed by atoms with Crippen LogP contribution in [0.1, 0.15) is 12.8 Å². The number of ether oxygens (including phenoxy) is 1. The zero-order valence-corrected chi connectivity index (χ0v) is 18.9. The van der Waals surface area contributed by atoms with Gasteiger partial charge in [-0.3, -0.25) is 4.79 Å². The number of piperidine rings is 1. The van der Waals surface area contributed by atoms with Crippen LogP contribution in [0.4, 0.5) is 10.1 Å². The predicted octanol–water partition coefficient (Wildman–Crippen LogP) is 2.58. The molecule has 0 aromatic heterocycles. The van der Waals surface area contributed by atoms with E-state index in [-0.39, 0.29) is 29.1 Å². The number of nitrogens with zero attached hydrogens (tertiary/aromatic N) is 3. The van der Waals surface area contributed by atoms with E-state index in [1.165, 1.54) is 35.7 Å². The van der Waals surface area contributed by atoms with E-state index in [1.54, 1.807) is 24.3 Å². The van der Waals surface area contributed by atoms with Crippen molar-refractivity contribution in [3.63, 3.8) is 0 Å². The van der Waals surface area contributed by atoms with Crippen LogP contribution in [0.15, 0.2) is 53.4 Å². The van der Waals surface area contributed by atoms with Crippen LogP contribution in [0.3, 0.4) is 0 Å². The number of piperazine rings is 1. The van der Waals surface area contributed by atoms with Crippen molar-refractivity contribution in [2.24, 2.45) is 5.92 Å². The molecular formula is C23H28FN3O4S. The summed E-state index contributed by atoms with van der Waals surface area (Å²) in [5, 5.41) is 0. The molecule has 0 saturated carbocycles. The summed E-state index contributed by atoms with van der Waals surface area (Å²) < 4.78 is 45.9. The molecule has 2 aromatic rings. The maximum atomic E-state index is 13.2. The van der Waals surface area contributed by atoms with Crippen molar-refractivity contribution in [3.8, 4) is 5.75 Å². The van der Waals surface area contributed by atoms with E-state index < -0.39 is 10.0 Å². The molecule has 172 valence electrons. The summed E-state index contributed by atoms with van der Waals surface area (Å²) in [5.74, 6) is -0.00281. The molecule has 2 aliphatic rings. The Bertz CT molecular complexity index is 1040. The Labute approximate surface area is 188 Å². The lowest BCUT2D eigenvalue weighted by Crippen LogP contribution is -2.53. The first-order valence-electron chi connectivity index (χ1n) is 10.8. The van der Waals surface area contributed by atoms with E-state index in [0.717, 1.165) is 5.69 Å². The molecule has 0 N–H and O–H groups in total. The Balaban J connectivity index is 1.37. The Morgan fingerprint density at radius 1 is 0.969 bits per heavy atom.